The molecule has 0 fully saturated rings. The summed E-state index contributed by atoms with van der Waals surface area (Å²) in [6, 6.07) is 12.1. The van der Waals surface area contributed by atoms with Crippen molar-refractivity contribution in [3.63, 3.8) is 0 Å². The Labute approximate surface area is 623 Å². The number of H-pyrrole nitrogens is 2. The fraction of sp³-hybridized carbons (Fsp3) is 0.459. The van der Waals surface area contributed by atoms with E-state index in [0.717, 1.165) is 72.8 Å². The van der Waals surface area contributed by atoms with E-state index >= 15 is 4.39 Å². The van der Waals surface area contributed by atoms with Crippen LogP contribution in [0.3, 0.4) is 0 Å². The van der Waals surface area contributed by atoms with Crippen molar-refractivity contribution in [1.29, 1.82) is 0 Å². The highest BCUT2D eigenvalue weighted by atomic mass is 19.1. The minimum atomic E-state index is -2.35. The maximum absolute atomic E-state index is 15.5. The van der Waals surface area contributed by atoms with Gasteiger partial charge in [-0.1, -0.05) is 90.0 Å². The smallest absolute Gasteiger partial charge is 0.305 e. The average molecular weight is 1500 g/mol. The van der Waals surface area contributed by atoms with Crippen molar-refractivity contribution < 1.29 is 82.0 Å². The highest BCUT2D eigenvalue weighted by Gasteiger charge is 2.43. The minimum absolute atomic E-state index is 0.0543. The van der Waals surface area contributed by atoms with Gasteiger partial charge in [-0.25, -0.2) is 9.37 Å². The number of carboxylic acids is 1. The van der Waals surface area contributed by atoms with E-state index in [1.165, 1.54) is 38.4 Å². The predicted octanol–water partition coefficient (Wildman–Crippen LogP) is 0.257. The van der Waals surface area contributed by atoms with E-state index < -0.39 is 168 Å². The number of aryl methyl sites for hydroxylation is 4. The monoisotopic (exact) mass is 1500 g/mol. The summed E-state index contributed by atoms with van der Waals surface area (Å²) < 4.78 is 21.4. The Bertz CT molecular complexity index is 4120. The molecule has 0 saturated heterocycles. The van der Waals surface area contributed by atoms with E-state index in [2.05, 4.69) is 83.8 Å². The first-order chi connectivity index (χ1) is 51.0. The molecular formula is C74H98FN17O16. The highest BCUT2D eigenvalue weighted by Crippen LogP contribution is 2.30. The van der Waals surface area contributed by atoms with E-state index in [1.54, 1.807) is 18.3 Å². The molecule has 0 bridgehead atoms. The van der Waals surface area contributed by atoms with Gasteiger partial charge < -0.3 is 83.9 Å². The largest absolute Gasteiger partial charge is 0.491 e. The van der Waals surface area contributed by atoms with Gasteiger partial charge in [-0.3, -0.25) is 57.5 Å². The number of aliphatic carboxylic acids is 1. The number of hydrogen-bond acceptors (Lipinski definition) is 19. The zero-order valence-corrected chi connectivity index (χ0v) is 62.2. The molecule has 6 rings (SSSR count). The summed E-state index contributed by atoms with van der Waals surface area (Å²) in [4.78, 5) is 172. The van der Waals surface area contributed by atoms with Gasteiger partial charge in [0, 0.05) is 44.1 Å². The number of carbonyl (C=O) groups excluding carboxylic acids is 11. The van der Waals surface area contributed by atoms with Crippen LogP contribution >= 0.6 is 0 Å². The molecule has 17 N–H and O–H groups in total. The van der Waals surface area contributed by atoms with Crippen molar-refractivity contribution in [2.75, 3.05) is 13.1 Å². The van der Waals surface area contributed by atoms with E-state index in [0.29, 0.717) is 37.0 Å². The summed E-state index contributed by atoms with van der Waals surface area (Å²) in [5, 5.41) is 69.6. The molecule has 10 atom stereocenters. The summed E-state index contributed by atoms with van der Waals surface area (Å²) in [5.41, 5.74) is 8.60. The van der Waals surface area contributed by atoms with Gasteiger partial charge in [0.1, 0.15) is 64.8 Å². The highest BCUT2D eigenvalue weighted by molar-refractivity contribution is 6.06. The summed E-state index contributed by atoms with van der Waals surface area (Å²) in [5.74, 6) is -13.4. The predicted molar refractivity (Wildman–Crippen MR) is 390 cm³/mol. The van der Waals surface area contributed by atoms with Crippen molar-refractivity contribution in [2.45, 2.75) is 200 Å². The molecule has 0 aliphatic carbocycles. The summed E-state index contributed by atoms with van der Waals surface area (Å²) in [6.45, 7) is 16.0. The van der Waals surface area contributed by atoms with E-state index in [9.17, 15) is 72.9 Å². The number of carboxylic acid groups (broad SMARTS) is 1. The number of aromatic amines is 2. The number of imidazole rings is 1. The van der Waals surface area contributed by atoms with Crippen molar-refractivity contribution in [2.24, 2.45) is 11.1 Å². The molecule has 0 spiro atoms. The number of amides is 11. The number of nitrogens with zero attached hydrogens (tertiary/aromatic N) is 4. The number of primary amides is 1. The number of ether oxygens (including phenoxy) is 1. The van der Waals surface area contributed by atoms with Crippen LogP contribution in [-0.4, -0.2) is 196 Å². The molecule has 6 aromatic rings. The Morgan fingerprint density at radius 3 is 1.88 bits per heavy atom. The van der Waals surface area contributed by atoms with Crippen LogP contribution in [0.4, 0.5) is 4.39 Å². The van der Waals surface area contributed by atoms with E-state index in [-0.39, 0.29) is 36.9 Å². The lowest BCUT2D eigenvalue weighted by Crippen LogP contribution is -2.66. The Kier molecular flexibility index (Phi) is 31.4. The van der Waals surface area contributed by atoms with Crippen LogP contribution in [0, 0.1) is 25.1 Å². The lowest BCUT2D eigenvalue weighted by atomic mass is 9.90. The number of hydrogen-bond donors (Lipinski definition) is 16. The van der Waals surface area contributed by atoms with Gasteiger partial charge in [0.05, 0.1) is 37.6 Å². The van der Waals surface area contributed by atoms with Crippen molar-refractivity contribution in [1.82, 2.24) is 83.8 Å². The summed E-state index contributed by atoms with van der Waals surface area (Å²) in [7, 11) is 0. The fourth-order valence-corrected chi connectivity index (χ4v) is 11.6. The molecule has 2 heterocycles. The number of rotatable bonds is 41. The molecule has 0 aliphatic heterocycles. The first kappa shape index (κ1) is 85.4. The molecule has 0 saturated carbocycles. The Morgan fingerprint density at radius 2 is 1.28 bits per heavy atom. The van der Waals surface area contributed by atoms with Gasteiger partial charge >= 0.3 is 5.97 Å². The van der Waals surface area contributed by atoms with E-state index in [4.69, 9.17) is 10.5 Å². The number of aromatic nitrogens is 6. The Morgan fingerprint density at radius 1 is 0.639 bits per heavy atom. The van der Waals surface area contributed by atoms with Crippen LogP contribution in [0.5, 0.6) is 5.75 Å². The van der Waals surface area contributed by atoms with Gasteiger partial charge in [0.2, 0.25) is 65.0 Å². The van der Waals surface area contributed by atoms with Crippen LogP contribution in [0.15, 0.2) is 97.5 Å². The molecule has 582 valence electrons. The van der Waals surface area contributed by atoms with Crippen LogP contribution in [0.1, 0.15) is 126 Å². The standard InChI is InChI=1S/C74H98FN17O16/c1-12-47-32-51(108-39(2)3)24-25-52(47)48-22-20-45(21-23-48)31-55(66(101)82-54(63(76)98)19-15-16-46-29-40(4)28-41(5)30-46)84-67(102)57(34-60(96)97)83-64(99)42(6)81-68(103)61(43(7)93)87-72(107)74(11,35-49-17-13-14-18-53(49)75)88-69(104)62(44(8)94)86-59(95)37-79-65(100)56(33-58-89-91-92-90-58)85-71(106)73(9,10)70(105)78-27-26-50-36-77-38-80-50/h13-14,17-18,20-25,28-30,32,36,38-39,42-44,54-57,61-62,93-94H,12,15-16,19,26-27,31,33-35,37H2,1-11H3,(H2,76,98)(H,77,80)(H,78,105)(H,79,100)(H,81,103)(H,82,101)(H,83,99)(H,84,102)(H,85,106)(H,86,95)(H,87,107)(H,88,104)(H,96,97)(H,89,90,91,92)/t42-,43+,44+,54-,55-,56-,57-,61-,62-,74-/m0/s1. The maximum atomic E-state index is 15.5. The second kappa shape index (κ2) is 39.7. The third kappa shape index (κ3) is 25.6. The second-order valence-electron chi connectivity index (χ2n) is 27.6. The maximum Gasteiger partial charge on any atom is 0.305 e. The number of aliphatic hydroxyl groups excluding tert-OH is 2. The van der Waals surface area contributed by atoms with Gasteiger partial charge in [-0.2, -0.15) is 5.21 Å². The molecule has 34 heteroatoms. The minimum Gasteiger partial charge on any atom is -0.491 e. The zero-order chi connectivity index (χ0) is 79.7. The molecule has 0 unspecified atom stereocenters. The lowest BCUT2D eigenvalue weighted by Gasteiger charge is -2.34. The van der Waals surface area contributed by atoms with Crippen molar-refractivity contribution in [3.05, 3.63) is 148 Å². The molecule has 2 aromatic heterocycles. The molecule has 33 nitrogen and oxygen atoms in total. The van der Waals surface area contributed by atoms with Crippen molar-refractivity contribution >= 4 is 70.9 Å². The number of benzene rings is 4. The number of carbonyl (C=O) groups is 12. The first-order valence-electron chi connectivity index (χ1n) is 35.2. The normalized spacial score (nSPS) is 14.4. The number of nitrogens with two attached hydrogens (primary N) is 1. The number of tetrazole rings is 1. The zero-order valence-electron chi connectivity index (χ0n) is 62.2. The van der Waals surface area contributed by atoms with Crippen LogP contribution in [0.25, 0.3) is 11.1 Å². The third-order valence-corrected chi connectivity index (χ3v) is 17.6. The quantitative estimate of drug-likeness (QED) is 0.0229. The molecular weight excluding hydrogens is 1400 g/mol. The average Bonchev–Trinajstić information content (AvgIpc) is 0.849. The van der Waals surface area contributed by atoms with Gasteiger partial charge in [0.25, 0.3) is 0 Å². The van der Waals surface area contributed by atoms with Gasteiger partial charge in [-0.15, -0.1) is 10.2 Å². The van der Waals surface area contributed by atoms with Crippen LogP contribution in [0.2, 0.25) is 0 Å². The third-order valence-electron chi connectivity index (χ3n) is 17.6. The Hall–Kier alpha value is -11.6. The Balaban J connectivity index is 1.15. The summed E-state index contributed by atoms with van der Waals surface area (Å²) in [6.07, 6.45) is -0.890. The first-order valence-corrected chi connectivity index (χ1v) is 35.2. The van der Waals surface area contributed by atoms with Crippen LogP contribution in [-0.2, 0) is 96.1 Å². The van der Waals surface area contributed by atoms with Gasteiger partial charge in [-0.05, 0) is 147 Å². The molecule has 4 aromatic carbocycles. The number of aliphatic hydroxyl groups is 2. The molecule has 11 amide bonds. The fourth-order valence-electron chi connectivity index (χ4n) is 11.6. The van der Waals surface area contributed by atoms with Crippen molar-refractivity contribution in [3.8, 4) is 16.9 Å². The van der Waals surface area contributed by atoms with Gasteiger partial charge in [0.15, 0.2) is 5.82 Å². The number of halogens is 1. The van der Waals surface area contributed by atoms with Crippen LogP contribution < -0.4 is 63.6 Å². The number of nitrogens with one attached hydrogen (secondary N) is 12. The molecule has 108 heavy (non-hydrogen) atoms. The van der Waals surface area contributed by atoms with E-state index in [1.807, 2.05) is 83.1 Å². The molecule has 0 aliphatic rings. The SMILES string of the molecule is CCc1cc(OC(C)C)ccc1-c1ccc(C[C@H](NC(=O)[C@H](CC(=O)O)NC(=O)[C@H](C)NC(=O)[C@@H](NC(=O)[C@](C)(Cc2ccccc2F)NC(=O)[C@@H](NC(=O)CNC(=O)[C@H](Cc2nn[nH]n2)NC(=O)C(C)(C)C(=O)NCCc2cnc[nH]2)[C@@H](C)O)[C@@H](C)O)C(=O)N[C@@H](CCCc2cc(C)cc(C)c2)C(N)=O)cc1. The molecule has 0 radical (unpaired) electrons. The second-order valence-corrected chi connectivity index (χ2v) is 27.6. The topological polar surface area (TPSA) is 504 Å². The lowest BCUT2D eigenvalue weighted by molar-refractivity contribution is -0.143. The summed E-state index contributed by atoms with van der Waals surface area (Å²) >= 11 is 0.